The van der Waals surface area contributed by atoms with Crippen molar-refractivity contribution in [3.05, 3.63) is 28.2 Å². The van der Waals surface area contributed by atoms with Crippen LogP contribution in [0.25, 0.3) is 0 Å². The molecule has 2 heterocycles. The molecule has 2 fully saturated rings. The predicted molar refractivity (Wildman–Crippen MR) is 100 cm³/mol. The fourth-order valence-electron chi connectivity index (χ4n) is 3.26. The van der Waals surface area contributed by atoms with Crippen LogP contribution in [0.1, 0.15) is 18.4 Å². The smallest absolute Gasteiger partial charge is 0.271 e. The molecule has 2 aliphatic rings. The number of piperidine rings is 1. The van der Waals surface area contributed by atoms with E-state index in [1.54, 1.807) is 0 Å². The molecular formula is C17H20BBrN4O2. The average molecular weight is 403 g/mol. The molecule has 130 valence electrons. The van der Waals surface area contributed by atoms with Crippen LogP contribution in [0.5, 0.6) is 0 Å². The summed E-state index contributed by atoms with van der Waals surface area (Å²) in [6.07, 6.45) is 2.73. The number of nitrogens with zero attached hydrogens (tertiary/aromatic N) is 2. The quantitative estimate of drug-likeness (QED) is 0.591. The number of hydrogen-bond acceptors (Lipinski definition) is 5. The summed E-state index contributed by atoms with van der Waals surface area (Å²) in [7, 11) is 0. The van der Waals surface area contributed by atoms with E-state index in [-0.39, 0.29) is 24.6 Å². The van der Waals surface area contributed by atoms with Gasteiger partial charge in [-0.1, -0.05) is 22.0 Å². The maximum atomic E-state index is 11.8. The van der Waals surface area contributed by atoms with E-state index in [2.05, 4.69) is 55.6 Å². The fourth-order valence-corrected chi connectivity index (χ4v) is 3.77. The predicted octanol–water partition coefficient (Wildman–Crippen LogP) is 1.72. The minimum Gasteiger partial charge on any atom is -0.373 e. The Morgan fingerprint density at radius 2 is 2.12 bits per heavy atom. The van der Waals surface area contributed by atoms with Crippen molar-refractivity contribution < 1.29 is 9.59 Å². The molecule has 3 rings (SSSR count). The third-order valence-corrected chi connectivity index (χ3v) is 5.60. The summed E-state index contributed by atoms with van der Waals surface area (Å²) < 4.78 is 0.993. The van der Waals surface area contributed by atoms with E-state index in [1.807, 2.05) is 0 Å². The molecule has 0 aliphatic carbocycles. The molecule has 1 unspecified atom stereocenters. The van der Waals surface area contributed by atoms with E-state index < -0.39 is 0 Å². The Labute approximate surface area is 156 Å². The highest BCUT2D eigenvalue weighted by molar-refractivity contribution is 9.10. The van der Waals surface area contributed by atoms with Crippen LogP contribution in [0.15, 0.2) is 22.7 Å². The number of carbonyl (C=O) groups excluding carboxylic acids is 2. The number of hydrogen-bond donors (Lipinski definition) is 2. The van der Waals surface area contributed by atoms with Crippen LogP contribution >= 0.6 is 15.9 Å². The molecule has 2 saturated heterocycles. The first-order chi connectivity index (χ1) is 12.1. The summed E-state index contributed by atoms with van der Waals surface area (Å²) in [5.41, 5.74) is 2.22. The van der Waals surface area contributed by atoms with Gasteiger partial charge in [0.25, 0.3) is 6.71 Å². The maximum Gasteiger partial charge on any atom is 0.271 e. The van der Waals surface area contributed by atoms with Gasteiger partial charge < -0.3 is 10.2 Å². The van der Waals surface area contributed by atoms with Gasteiger partial charge >= 0.3 is 0 Å². The average Bonchev–Trinajstić information content (AvgIpc) is 2.62. The SMILES string of the molecule is N#CB1CCN(c2ccc(CNC3CCC(=O)NC3=O)c(Br)c2)CC1. The highest BCUT2D eigenvalue weighted by atomic mass is 79.9. The first-order valence-corrected chi connectivity index (χ1v) is 9.36. The summed E-state index contributed by atoms with van der Waals surface area (Å²) in [6, 6.07) is 5.90. The van der Waals surface area contributed by atoms with Crippen LogP contribution in [0.2, 0.25) is 12.6 Å². The lowest BCUT2D eigenvalue weighted by Crippen LogP contribution is -2.50. The topological polar surface area (TPSA) is 85.2 Å². The second kappa shape index (κ2) is 8.02. The van der Waals surface area contributed by atoms with E-state index in [1.165, 1.54) is 0 Å². The van der Waals surface area contributed by atoms with Crippen LogP contribution in [0.3, 0.4) is 0 Å². The van der Waals surface area contributed by atoms with E-state index in [4.69, 9.17) is 5.26 Å². The normalized spacial score (nSPS) is 21.0. The van der Waals surface area contributed by atoms with Crippen LogP contribution in [-0.2, 0) is 16.1 Å². The highest BCUT2D eigenvalue weighted by Gasteiger charge is 2.26. The Morgan fingerprint density at radius 3 is 2.76 bits per heavy atom. The molecule has 2 amide bonds. The van der Waals surface area contributed by atoms with Gasteiger partial charge in [-0.05, 0) is 36.8 Å². The minimum absolute atomic E-state index is 0.177. The molecule has 25 heavy (non-hydrogen) atoms. The highest BCUT2D eigenvalue weighted by Crippen LogP contribution is 2.27. The van der Waals surface area contributed by atoms with Crippen molar-refractivity contribution in [3.8, 4) is 5.97 Å². The second-order valence-corrected chi connectivity index (χ2v) is 7.41. The molecule has 0 aromatic heterocycles. The Morgan fingerprint density at radius 1 is 1.36 bits per heavy atom. The molecule has 8 heteroatoms. The Bertz CT molecular complexity index is 713. The van der Waals surface area contributed by atoms with Crippen molar-refractivity contribution in [2.75, 3.05) is 18.0 Å². The molecule has 0 spiro atoms. The van der Waals surface area contributed by atoms with E-state index >= 15 is 0 Å². The van der Waals surface area contributed by atoms with Crippen LogP contribution in [-0.4, -0.2) is 37.7 Å². The molecule has 1 atom stereocenters. The number of nitriles is 1. The van der Waals surface area contributed by atoms with Crippen molar-refractivity contribution in [2.24, 2.45) is 0 Å². The zero-order valence-electron chi connectivity index (χ0n) is 13.9. The third-order valence-electron chi connectivity index (χ3n) is 4.86. The summed E-state index contributed by atoms with van der Waals surface area (Å²) >= 11 is 3.62. The molecule has 6 nitrogen and oxygen atoms in total. The molecule has 0 saturated carbocycles. The van der Waals surface area contributed by atoms with Crippen molar-refractivity contribution in [2.45, 2.75) is 38.1 Å². The molecular weight excluding hydrogens is 383 g/mol. The zero-order valence-corrected chi connectivity index (χ0v) is 15.5. The van der Waals surface area contributed by atoms with Crippen molar-refractivity contribution >= 4 is 40.1 Å². The third kappa shape index (κ3) is 4.41. The first kappa shape index (κ1) is 18.0. The number of rotatable bonds is 4. The lowest BCUT2D eigenvalue weighted by atomic mass is 9.45. The van der Waals surface area contributed by atoms with Crippen LogP contribution in [0, 0.1) is 11.2 Å². The Hall–Kier alpha value is -1.85. The number of amides is 2. The molecule has 0 bridgehead atoms. The Balaban J connectivity index is 1.58. The molecule has 1 aromatic carbocycles. The van der Waals surface area contributed by atoms with Crippen molar-refractivity contribution in [1.82, 2.24) is 10.6 Å². The molecule has 2 N–H and O–H groups in total. The fraction of sp³-hybridized carbons (Fsp3) is 0.471. The summed E-state index contributed by atoms with van der Waals surface area (Å²) in [5.74, 6) is 1.91. The zero-order chi connectivity index (χ0) is 17.8. The van der Waals surface area contributed by atoms with Crippen LogP contribution < -0.4 is 15.5 Å². The molecule has 1 aromatic rings. The lowest BCUT2D eigenvalue weighted by Gasteiger charge is -2.30. The van der Waals surface area contributed by atoms with Crippen LogP contribution in [0.4, 0.5) is 5.69 Å². The monoisotopic (exact) mass is 402 g/mol. The summed E-state index contributed by atoms with van der Waals surface area (Å²) in [6.45, 7) is 2.54. The summed E-state index contributed by atoms with van der Waals surface area (Å²) in [5, 5.41) is 14.6. The summed E-state index contributed by atoms with van der Waals surface area (Å²) in [4.78, 5) is 25.3. The molecule has 2 aliphatic heterocycles. The van der Waals surface area contributed by atoms with Gasteiger partial charge in [-0.25, -0.2) is 5.26 Å². The van der Waals surface area contributed by atoms with Gasteiger partial charge in [0, 0.05) is 42.2 Å². The van der Waals surface area contributed by atoms with Gasteiger partial charge in [-0.3, -0.25) is 14.9 Å². The van der Waals surface area contributed by atoms with Crippen molar-refractivity contribution in [3.63, 3.8) is 0 Å². The van der Waals surface area contributed by atoms with Gasteiger partial charge in [0.1, 0.15) is 0 Å². The minimum atomic E-state index is -0.325. The van der Waals surface area contributed by atoms with Gasteiger partial charge in [-0.15, -0.1) is 0 Å². The number of imide groups is 1. The van der Waals surface area contributed by atoms with Gasteiger partial charge in [0.05, 0.1) is 6.04 Å². The van der Waals surface area contributed by atoms with Gasteiger partial charge in [0.15, 0.2) is 0 Å². The molecule has 0 radical (unpaired) electrons. The number of nitrogens with one attached hydrogen (secondary N) is 2. The number of halogens is 1. The largest absolute Gasteiger partial charge is 0.373 e. The van der Waals surface area contributed by atoms with E-state index in [0.29, 0.717) is 19.4 Å². The number of carbonyl (C=O) groups is 2. The first-order valence-electron chi connectivity index (χ1n) is 8.57. The van der Waals surface area contributed by atoms with Crippen molar-refractivity contribution in [1.29, 1.82) is 5.26 Å². The van der Waals surface area contributed by atoms with Gasteiger partial charge in [-0.2, -0.15) is 0 Å². The number of anilines is 1. The van der Waals surface area contributed by atoms with E-state index in [0.717, 1.165) is 41.5 Å². The second-order valence-electron chi connectivity index (χ2n) is 6.55. The van der Waals surface area contributed by atoms with E-state index in [9.17, 15) is 9.59 Å². The maximum absolute atomic E-state index is 11.8. The van der Waals surface area contributed by atoms with Gasteiger partial charge in [0.2, 0.25) is 11.8 Å². The Kier molecular flexibility index (Phi) is 5.76. The number of benzene rings is 1. The standard InChI is InChI=1S/C17H20BBrN4O2/c19-14-9-13(23-7-5-18(11-20)6-8-23)2-1-12(14)10-21-15-3-4-16(24)22-17(15)25/h1-2,9,15,21H,3-8,10H2,(H,22,24,25). The lowest BCUT2D eigenvalue weighted by molar-refractivity contribution is -0.134.